The summed E-state index contributed by atoms with van der Waals surface area (Å²) >= 11 is 9.91. The summed E-state index contributed by atoms with van der Waals surface area (Å²) in [6, 6.07) is 4.80. The number of hydrogen-bond donors (Lipinski definition) is 1. The van der Waals surface area contributed by atoms with Gasteiger partial charge in [-0.05, 0) is 28.9 Å². The molecule has 0 aromatic heterocycles. The molecule has 1 aromatic rings. The Hall–Kier alpha value is -0.210. The summed E-state index contributed by atoms with van der Waals surface area (Å²) in [5, 5.41) is 0.173. The summed E-state index contributed by atoms with van der Waals surface area (Å²) in [7, 11) is 0. The van der Waals surface area contributed by atoms with E-state index in [0.29, 0.717) is 5.75 Å². The van der Waals surface area contributed by atoms with E-state index in [4.69, 9.17) is 11.6 Å². The van der Waals surface area contributed by atoms with Crippen LogP contribution in [0.1, 0.15) is 19.4 Å². The second-order valence-electron chi connectivity index (χ2n) is 3.67. The highest BCUT2D eigenvalue weighted by molar-refractivity contribution is 7.80. The lowest BCUT2D eigenvalue weighted by Gasteiger charge is -2.22. The van der Waals surface area contributed by atoms with Crippen LogP contribution in [0, 0.1) is 5.82 Å². The van der Waals surface area contributed by atoms with Crippen molar-refractivity contribution >= 4 is 24.2 Å². The Balaban J connectivity index is 3.10. The van der Waals surface area contributed by atoms with Crippen LogP contribution in [0.3, 0.4) is 0 Å². The van der Waals surface area contributed by atoms with E-state index in [0.717, 1.165) is 5.56 Å². The molecule has 3 heteroatoms. The van der Waals surface area contributed by atoms with E-state index < -0.39 is 0 Å². The predicted molar refractivity (Wildman–Crippen MR) is 58.3 cm³/mol. The molecular weight excluding hydrogens is 207 g/mol. The van der Waals surface area contributed by atoms with Crippen LogP contribution >= 0.6 is 24.2 Å². The van der Waals surface area contributed by atoms with Gasteiger partial charge in [-0.1, -0.05) is 31.5 Å². The van der Waals surface area contributed by atoms with E-state index in [1.165, 1.54) is 6.07 Å². The molecule has 0 aliphatic heterocycles. The van der Waals surface area contributed by atoms with E-state index in [9.17, 15) is 4.39 Å². The fourth-order valence-electron chi connectivity index (χ4n) is 1.01. The van der Waals surface area contributed by atoms with Gasteiger partial charge in [-0.3, -0.25) is 0 Å². The molecule has 0 fully saturated rings. The monoisotopic (exact) mass is 218 g/mol. The number of halogens is 2. The molecule has 0 bridgehead atoms. The number of rotatable bonds is 2. The molecule has 1 aromatic carbocycles. The first-order valence-electron chi connectivity index (χ1n) is 4.04. The first kappa shape index (κ1) is 10.9. The van der Waals surface area contributed by atoms with Gasteiger partial charge in [-0.15, -0.1) is 0 Å². The molecule has 0 N–H and O–H groups in total. The van der Waals surface area contributed by atoms with Crippen LogP contribution in [0.15, 0.2) is 18.2 Å². The highest BCUT2D eigenvalue weighted by Crippen LogP contribution is 2.27. The van der Waals surface area contributed by atoms with E-state index in [2.05, 4.69) is 12.6 Å². The van der Waals surface area contributed by atoms with Gasteiger partial charge in [0.1, 0.15) is 5.82 Å². The molecule has 0 aliphatic carbocycles. The molecule has 0 spiro atoms. The first-order chi connectivity index (χ1) is 5.97. The highest BCUT2D eigenvalue weighted by atomic mass is 35.5. The predicted octanol–water partition coefficient (Wildman–Crippen LogP) is 3.69. The lowest BCUT2D eigenvalue weighted by Crippen LogP contribution is -2.19. The maximum atomic E-state index is 12.8. The number of thiol groups is 1. The fourth-order valence-corrected chi connectivity index (χ4v) is 1.37. The molecule has 1 rings (SSSR count). The average molecular weight is 219 g/mol. The van der Waals surface area contributed by atoms with Crippen molar-refractivity contribution in [2.24, 2.45) is 0 Å². The minimum atomic E-state index is -0.375. The molecule has 0 unspecified atom stereocenters. The van der Waals surface area contributed by atoms with Gasteiger partial charge in [0, 0.05) is 0 Å². The third kappa shape index (κ3) is 2.38. The van der Waals surface area contributed by atoms with Crippen LogP contribution in [0.4, 0.5) is 4.39 Å². The second-order valence-corrected chi connectivity index (χ2v) is 4.39. The van der Waals surface area contributed by atoms with E-state index in [1.807, 2.05) is 13.8 Å². The van der Waals surface area contributed by atoms with Gasteiger partial charge in [0.2, 0.25) is 0 Å². The average Bonchev–Trinajstić information content (AvgIpc) is 2.09. The Bertz CT molecular complexity index is 310. The summed E-state index contributed by atoms with van der Waals surface area (Å²) < 4.78 is 12.8. The van der Waals surface area contributed by atoms with E-state index >= 15 is 0 Å². The minimum absolute atomic E-state index is 0.0690. The van der Waals surface area contributed by atoms with Crippen molar-refractivity contribution < 1.29 is 4.39 Å². The quantitative estimate of drug-likeness (QED) is 0.720. The SMILES string of the molecule is CC(C)(CS)c1ccc(F)c(Cl)c1. The molecule has 0 nitrogen and oxygen atoms in total. The number of hydrogen-bond acceptors (Lipinski definition) is 1. The maximum absolute atomic E-state index is 12.8. The Morgan fingerprint density at radius 2 is 2.08 bits per heavy atom. The van der Waals surface area contributed by atoms with Gasteiger partial charge in [0.15, 0.2) is 0 Å². The summed E-state index contributed by atoms with van der Waals surface area (Å²) in [4.78, 5) is 0. The molecule has 0 amide bonds. The van der Waals surface area contributed by atoms with E-state index in [1.54, 1.807) is 12.1 Å². The molecule has 72 valence electrons. The Morgan fingerprint density at radius 3 is 2.54 bits per heavy atom. The molecule has 0 radical (unpaired) electrons. The summed E-state index contributed by atoms with van der Waals surface area (Å²) in [5.41, 5.74) is 0.939. The summed E-state index contributed by atoms with van der Waals surface area (Å²) in [6.45, 7) is 4.09. The largest absolute Gasteiger partial charge is 0.205 e. The molecular formula is C10H12ClFS. The zero-order valence-corrected chi connectivity index (χ0v) is 9.29. The smallest absolute Gasteiger partial charge is 0.141 e. The van der Waals surface area contributed by atoms with Crippen molar-refractivity contribution in [3.8, 4) is 0 Å². The van der Waals surface area contributed by atoms with Crippen LogP contribution in [0.2, 0.25) is 5.02 Å². The third-order valence-electron chi connectivity index (χ3n) is 2.10. The van der Waals surface area contributed by atoms with Crippen LogP contribution < -0.4 is 0 Å². The summed E-state index contributed by atoms with van der Waals surface area (Å²) in [6.07, 6.45) is 0. The van der Waals surface area contributed by atoms with Crippen LogP contribution in [0.5, 0.6) is 0 Å². The van der Waals surface area contributed by atoms with Gasteiger partial charge in [-0.2, -0.15) is 12.6 Å². The summed E-state index contributed by atoms with van der Waals surface area (Å²) in [5.74, 6) is 0.329. The van der Waals surface area contributed by atoms with Gasteiger partial charge in [0.05, 0.1) is 5.02 Å². The maximum Gasteiger partial charge on any atom is 0.141 e. The normalized spacial score (nSPS) is 11.8. The van der Waals surface area contributed by atoms with Gasteiger partial charge >= 0.3 is 0 Å². The van der Waals surface area contributed by atoms with Gasteiger partial charge in [0.25, 0.3) is 0 Å². The van der Waals surface area contributed by atoms with Crippen molar-refractivity contribution in [2.45, 2.75) is 19.3 Å². The zero-order chi connectivity index (χ0) is 10.1. The topological polar surface area (TPSA) is 0 Å². The van der Waals surface area contributed by atoms with Crippen molar-refractivity contribution in [2.75, 3.05) is 5.75 Å². The lowest BCUT2D eigenvalue weighted by molar-refractivity contribution is 0.594. The van der Waals surface area contributed by atoms with E-state index in [-0.39, 0.29) is 16.3 Å². The molecule has 0 atom stereocenters. The Labute approximate surface area is 88.5 Å². The molecule has 0 saturated heterocycles. The number of benzene rings is 1. The van der Waals surface area contributed by atoms with Crippen LogP contribution in [-0.4, -0.2) is 5.75 Å². The van der Waals surface area contributed by atoms with Crippen LogP contribution in [-0.2, 0) is 5.41 Å². The minimum Gasteiger partial charge on any atom is -0.205 e. The first-order valence-corrected chi connectivity index (χ1v) is 5.05. The van der Waals surface area contributed by atoms with Gasteiger partial charge in [-0.25, -0.2) is 4.39 Å². The third-order valence-corrected chi connectivity index (χ3v) is 3.18. The van der Waals surface area contributed by atoms with Crippen molar-refractivity contribution in [1.29, 1.82) is 0 Å². The Morgan fingerprint density at radius 1 is 1.46 bits per heavy atom. The zero-order valence-electron chi connectivity index (χ0n) is 7.64. The molecule has 0 saturated carbocycles. The van der Waals surface area contributed by atoms with Crippen molar-refractivity contribution in [1.82, 2.24) is 0 Å². The van der Waals surface area contributed by atoms with Crippen LogP contribution in [0.25, 0.3) is 0 Å². The standard InChI is InChI=1S/C10H12ClFS/c1-10(2,6-13)7-3-4-9(12)8(11)5-7/h3-5,13H,6H2,1-2H3. The van der Waals surface area contributed by atoms with Crippen molar-refractivity contribution in [3.05, 3.63) is 34.6 Å². The molecule has 13 heavy (non-hydrogen) atoms. The Kier molecular flexibility index (Phi) is 3.25. The molecule has 0 aliphatic rings. The highest BCUT2D eigenvalue weighted by Gasteiger charge is 2.19. The fraction of sp³-hybridized carbons (Fsp3) is 0.400. The lowest BCUT2D eigenvalue weighted by atomic mass is 9.87. The second kappa shape index (κ2) is 3.89. The van der Waals surface area contributed by atoms with Gasteiger partial charge < -0.3 is 0 Å². The molecule has 0 heterocycles. The van der Waals surface area contributed by atoms with Crippen molar-refractivity contribution in [3.63, 3.8) is 0 Å².